The Hall–Kier alpha value is -1.97. The van der Waals surface area contributed by atoms with E-state index in [4.69, 9.17) is 5.73 Å². The number of nitrogens with two attached hydrogens (primary N) is 1. The van der Waals surface area contributed by atoms with Gasteiger partial charge in [-0.25, -0.2) is 14.4 Å². The van der Waals surface area contributed by atoms with E-state index in [9.17, 15) is 4.39 Å². The van der Waals surface area contributed by atoms with Crippen LogP contribution in [0.25, 0.3) is 0 Å². The van der Waals surface area contributed by atoms with Crippen molar-refractivity contribution in [1.29, 1.82) is 0 Å². The van der Waals surface area contributed by atoms with Crippen LogP contribution in [0.1, 0.15) is 35.8 Å². The third-order valence-electron chi connectivity index (χ3n) is 3.11. The SMILES string of the molecule is Nc1cnc(Cc2cccc(F)c2)nc1C1CC1. The highest BCUT2D eigenvalue weighted by molar-refractivity contribution is 5.44. The number of hydrogen-bond acceptors (Lipinski definition) is 3. The van der Waals surface area contributed by atoms with Gasteiger partial charge in [0.2, 0.25) is 0 Å². The highest BCUT2D eigenvalue weighted by Gasteiger charge is 2.27. The predicted octanol–water partition coefficient (Wildman–Crippen LogP) is 2.67. The zero-order chi connectivity index (χ0) is 12.5. The van der Waals surface area contributed by atoms with Crippen molar-refractivity contribution in [2.24, 2.45) is 0 Å². The van der Waals surface area contributed by atoms with E-state index in [1.165, 1.54) is 12.1 Å². The number of nitrogen functional groups attached to an aromatic ring is 1. The summed E-state index contributed by atoms with van der Waals surface area (Å²) in [5, 5.41) is 0. The highest BCUT2D eigenvalue weighted by Crippen LogP contribution is 2.41. The van der Waals surface area contributed by atoms with E-state index in [1.807, 2.05) is 6.07 Å². The minimum absolute atomic E-state index is 0.231. The van der Waals surface area contributed by atoms with Crippen LogP contribution < -0.4 is 5.73 Å². The van der Waals surface area contributed by atoms with Gasteiger partial charge in [0.25, 0.3) is 0 Å². The number of aromatic nitrogens is 2. The zero-order valence-electron chi connectivity index (χ0n) is 9.94. The molecule has 0 atom stereocenters. The summed E-state index contributed by atoms with van der Waals surface area (Å²) in [4.78, 5) is 8.72. The highest BCUT2D eigenvalue weighted by atomic mass is 19.1. The van der Waals surface area contributed by atoms with Crippen molar-refractivity contribution in [1.82, 2.24) is 9.97 Å². The third-order valence-corrected chi connectivity index (χ3v) is 3.11. The van der Waals surface area contributed by atoms with Crippen LogP contribution in [0.2, 0.25) is 0 Å². The first-order chi connectivity index (χ1) is 8.72. The van der Waals surface area contributed by atoms with Crippen LogP contribution in [-0.4, -0.2) is 9.97 Å². The molecule has 0 aliphatic heterocycles. The summed E-state index contributed by atoms with van der Waals surface area (Å²) in [5.41, 5.74) is 8.36. The fraction of sp³-hybridized carbons (Fsp3) is 0.286. The maximum absolute atomic E-state index is 13.1. The number of hydrogen-bond donors (Lipinski definition) is 1. The molecule has 18 heavy (non-hydrogen) atoms. The van der Waals surface area contributed by atoms with Gasteiger partial charge in [0, 0.05) is 12.3 Å². The van der Waals surface area contributed by atoms with E-state index >= 15 is 0 Å². The van der Waals surface area contributed by atoms with Gasteiger partial charge in [-0.05, 0) is 30.5 Å². The standard InChI is InChI=1S/C14H14FN3/c15-11-3-1-2-9(6-11)7-13-17-8-12(16)14(18-13)10-4-5-10/h1-3,6,8,10H,4-5,7,16H2. The van der Waals surface area contributed by atoms with Gasteiger partial charge < -0.3 is 5.73 Å². The molecule has 1 aliphatic carbocycles. The van der Waals surface area contributed by atoms with E-state index < -0.39 is 0 Å². The summed E-state index contributed by atoms with van der Waals surface area (Å²) in [6.07, 6.45) is 4.51. The molecular formula is C14H14FN3. The van der Waals surface area contributed by atoms with Crippen molar-refractivity contribution in [3.05, 3.63) is 53.4 Å². The molecule has 1 heterocycles. The van der Waals surface area contributed by atoms with Crippen LogP contribution in [0.4, 0.5) is 10.1 Å². The maximum atomic E-state index is 13.1. The summed E-state index contributed by atoms with van der Waals surface area (Å²) < 4.78 is 13.1. The van der Waals surface area contributed by atoms with Gasteiger partial charge in [0.1, 0.15) is 11.6 Å². The average molecular weight is 243 g/mol. The molecule has 92 valence electrons. The van der Waals surface area contributed by atoms with Crippen molar-refractivity contribution in [2.75, 3.05) is 5.73 Å². The molecule has 1 aliphatic rings. The van der Waals surface area contributed by atoms with Crippen LogP contribution in [0, 0.1) is 5.82 Å². The molecule has 4 heteroatoms. The first kappa shape index (κ1) is 11.1. The van der Waals surface area contributed by atoms with E-state index in [1.54, 1.807) is 12.3 Å². The molecule has 3 nitrogen and oxygen atoms in total. The molecule has 0 saturated heterocycles. The number of benzene rings is 1. The predicted molar refractivity (Wildman–Crippen MR) is 67.6 cm³/mol. The van der Waals surface area contributed by atoms with Crippen LogP contribution in [0.15, 0.2) is 30.5 Å². The number of rotatable bonds is 3. The van der Waals surface area contributed by atoms with Crippen molar-refractivity contribution in [3.8, 4) is 0 Å². The van der Waals surface area contributed by atoms with Crippen LogP contribution in [0.3, 0.4) is 0 Å². The molecule has 0 spiro atoms. The first-order valence-corrected chi connectivity index (χ1v) is 6.08. The molecule has 1 aromatic carbocycles. The Morgan fingerprint density at radius 2 is 2.17 bits per heavy atom. The minimum Gasteiger partial charge on any atom is -0.396 e. The van der Waals surface area contributed by atoms with E-state index in [2.05, 4.69) is 9.97 Å². The Morgan fingerprint density at radius 3 is 2.89 bits per heavy atom. The van der Waals surface area contributed by atoms with Crippen molar-refractivity contribution in [2.45, 2.75) is 25.2 Å². The molecule has 1 saturated carbocycles. The lowest BCUT2D eigenvalue weighted by atomic mass is 10.1. The Labute approximate surface area is 105 Å². The average Bonchev–Trinajstić information content (AvgIpc) is 3.16. The van der Waals surface area contributed by atoms with Gasteiger partial charge in [0.05, 0.1) is 17.6 Å². The first-order valence-electron chi connectivity index (χ1n) is 6.08. The molecule has 2 N–H and O–H groups in total. The van der Waals surface area contributed by atoms with Gasteiger partial charge in [-0.2, -0.15) is 0 Å². The molecule has 3 rings (SSSR count). The number of nitrogens with zero attached hydrogens (tertiary/aromatic N) is 2. The molecule has 0 amide bonds. The Kier molecular flexibility index (Phi) is 2.70. The zero-order valence-corrected chi connectivity index (χ0v) is 9.94. The second-order valence-electron chi connectivity index (χ2n) is 4.71. The fourth-order valence-electron chi connectivity index (χ4n) is 2.04. The maximum Gasteiger partial charge on any atom is 0.133 e. The van der Waals surface area contributed by atoms with Gasteiger partial charge >= 0.3 is 0 Å². The molecule has 2 aromatic rings. The Balaban J connectivity index is 1.86. The van der Waals surface area contributed by atoms with Crippen molar-refractivity contribution >= 4 is 5.69 Å². The van der Waals surface area contributed by atoms with Crippen LogP contribution >= 0.6 is 0 Å². The van der Waals surface area contributed by atoms with Crippen LogP contribution in [0.5, 0.6) is 0 Å². The second-order valence-corrected chi connectivity index (χ2v) is 4.71. The lowest BCUT2D eigenvalue weighted by molar-refractivity contribution is 0.625. The van der Waals surface area contributed by atoms with Gasteiger partial charge in [-0.15, -0.1) is 0 Å². The van der Waals surface area contributed by atoms with E-state index in [0.717, 1.165) is 24.1 Å². The smallest absolute Gasteiger partial charge is 0.133 e. The molecule has 1 fully saturated rings. The van der Waals surface area contributed by atoms with Gasteiger partial charge in [-0.1, -0.05) is 12.1 Å². The molecule has 0 radical (unpaired) electrons. The summed E-state index contributed by atoms with van der Waals surface area (Å²) >= 11 is 0. The van der Waals surface area contributed by atoms with Gasteiger partial charge in [-0.3, -0.25) is 0 Å². The fourth-order valence-corrected chi connectivity index (χ4v) is 2.04. The summed E-state index contributed by atoms with van der Waals surface area (Å²) in [6.45, 7) is 0. The van der Waals surface area contributed by atoms with Crippen molar-refractivity contribution < 1.29 is 4.39 Å². The minimum atomic E-state index is -0.231. The lowest BCUT2D eigenvalue weighted by Gasteiger charge is -2.06. The van der Waals surface area contributed by atoms with Gasteiger partial charge in [0.15, 0.2) is 0 Å². The third kappa shape index (κ3) is 2.32. The molecule has 0 bridgehead atoms. The quantitative estimate of drug-likeness (QED) is 0.901. The molecular weight excluding hydrogens is 229 g/mol. The molecule has 1 aromatic heterocycles. The molecule has 0 unspecified atom stereocenters. The van der Waals surface area contributed by atoms with E-state index in [0.29, 0.717) is 23.9 Å². The second kappa shape index (κ2) is 4.37. The van der Waals surface area contributed by atoms with Crippen molar-refractivity contribution in [3.63, 3.8) is 0 Å². The lowest BCUT2D eigenvalue weighted by Crippen LogP contribution is -2.04. The topological polar surface area (TPSA) is 51.8 Å². The largest absolute Gasteiger partial charge is 0.396 e. The normalized spacial score (nSPS) is 14.7. The Bertz CT molecular complexity index is 579. The summed E-state index contributed by atoms with van der Waals surface area (Å²) in [7, 11) is 0. The van der Waals surface area contributed by atoms with E-state index in [-0.39, 0.29) is 5.82 Å². The Morgan fingerprint density at radius 1 is 1.33 bits per heavy atom. The summed E-state index contributed by atoms with van der Waals surface area (Å²) in [5.74, 6) is 0.973. The number of anilines is 1. The number of halogens is 1. The monoisotopic (exact) mass is 243 g/mol. The summed E-state index contributed by atoms with van der Waals surface area (Å²) in [6, 6.07) is 6.52. The van der Waals surface area contributed by atoms with Crippen LogP contribution in [-0.2, 0) is 6.42 Å².